The van der Waals surface area contributed by atoms with Crippen molar-refractivity contribution in [3.63, 3.8) is 0 Å². The number of thiocarbonyl (C=S) groups is 1. The Morgan fingerprint density at radius 1 is 1.53 bits per heavy atom. The molecule has 80 valence electrons. The summed E-state index contributed by atoms with van der Waals surface area (Å²) in [6, 6.07) is 6.06. The maximum Gasteiger partial charge on any atom is 0.198 e. The number of benzene rings is 1. The molecule has 0 bridgehead atoms. The average molecular weight is 225 g/mol. The molecule has 1 aromatic carbocycles. The van der Waals surface area contributed by atoms with Crippen LogP contribution in [0.2, 0.25) is 0 Å². The van der Waals surface area contributed by atoms with Crippen molar-refractivity contribution in [2.45, 2.75) is 0 Å². The third kappa shape index (κ3) is 4.51. The zero-order valence-electron chi connectivity index (χ0n) is 8.57. The van der Waals surface area contributed by atoms with E-state index in [0.29, 0.717) is 10.8 Å². The summed E-state index contributed by atoms with van der Waals surface area (Å²) < 4.78 is 12.8. The van der Waals surface area contributed by atoms with Crippen LogP contribution in [-0.2, 0) is 0 Å². The van der Waals surface area contributed by atoms with E-state index in [1.807, 2.05) is 14.1 Å². The number of nitrogens with zero attached hydrogens (tertiary/aromatic N) is 2. The molecule has 0 saturated heterocycles. The fourth-order valence-corrected chi connectivity index (χ4v) is 1.05. The van der Waals surface area contributed by atoms with Crippen LogP contribution in [0.5, 0.6) is 0 Å². The fourth-order valence-electron chi connectivity index (χ4n) is 0.890. The topological polar surface area (TPSA) is 27.6 Å². The minimum absolute atomic E-state index is 0.300. The highest BCUT2D eigenvalue weighted by molar-refractivity contribution is 7.80. The van der Waals surface area contributed by atoms with Crippen molar-refractivity contribution < 1.29 is 4.39 Å². The van der Waals surface area contributed by atoms with E-state index >= 15 is 0 Å². The summed E-state index contributed by atoms with van der Waals surface area (Å²) in [6.45, 7) is 0. The minimum atomic E-state index is -0.306. The Labute approximate surface area is 93.6 Å². The van der Waals surface area contributed by atoms with Crippen molar-refractivity contribution in [1.29, 1.82) is 0 Å². The molecule has 1 rings (SSSR count). The van der Waals surface area contributed by atoms with Crippen LogP contribution in [0.15, 0.2) is 29.3 Å². The first kappa shape index (κ1) is 11.6. The monoisotopic (exact) mass is 225 g/mol. The van der Waals surface area contributed by atoms with E-state index in [0.717, 1.165) is 0 Å². The number of hydrogen-bond donors (Lipinski definition) is 1. The highest BCUT2D eigenvalue weighted by atomic mass is 32.1. The van der Waals surface area contributed by atoms with Gasteiger partial charge >= 0.3 is 0 Å². The van der Waals surface area contributed by atoms with E-state index in [2.05, 4.69) is 10.3 Å². The normalized spacial score (nSPS) is 10.3. The second-order valence-corrected chi connectivity index (χ2v) is 3.54. The summed E-state index contributed by atoms with van der Waals surface area (Å²) in [5.74, 6) is -0.306. The summed E-state index contributed by atoms with van der Waals surface area (Å²) in [7, 11) is 3.68. The third-order valence-corrected chi connectivity index (χ3v) is 1.69. The number of rotatable bonds is 2. The first-order chi connectivity index (χ1) is 7.08. The van der Waals surface area contributed by atoms with Crippen molar-refractivity contribution in [3.8, 4) is 0 Å². The average Bonchev–Trinajstić information content (AvgIpc) is 2.15. The van der Waals surface area contributed by atoms with Crippen molar-refractivity contribution >= 4 is 29.4 Å². The molecule has 1 N–H and O–H groups in total. The lowest BCUT2D eigenvalue weighted by atomic mass is 10.3. The number of anilines is 1. The van der Waals surface area contributed by atoms with Crippen molar-refractivity contribution in [3.05, 3.63) is 30.1 Å². The van der Waals surface area contributed by atoms with Crippen LogP contribution in [0.4, 0.5) is 10.1 Å². The first-order valence-corrected chi connectivity index (χ1v) is 4.76. The highest BCUT2D eigenvalue weighted by Gasteiger charge is 1.96. The fraction of sp³-hybridized carbons (Fsp3) is 0.200. The lowest BCUT2D eigenvalue weighted by Gasteiger charge is -2.05. The van der Waals surface area contributed by atoms with E-state index in [4.69, 9.17) is 12.2 Å². The molecular weight excluding hydrogens is 213 g/mol. The smallest absolute Gasteiger partial charge is 0.198 e. The van der Waals surface area contributed by atoms with Gasteiger partial charge < -0.3 is 10.2 Å². The zero-order valence-corrected chi connectivity index (χ0v) is 9.38. The molecule has 1 aromatic rings. The molecule has 0 aliphatic rings. The van der Waals surface area contributed by atoms with Crippen LogP contribution >= 0.6 is 12.2 Å². The van der Waals surface area contributed by atoms with Crippen LogP contribution in [0, 0.1) is 5.82 Å². The van der Waals surface area contributed by atoms with Crippen LogP contribution in [0.3, 0.4) is 0 Å². The Morgan fingerprint density at radius 2 is 2.27 bits per heavy atom. The van der Waals surface area contributed by atoms with E-state index in [1.54, 1.807) is 23.4 Å². The molecule has 5 heteroatoms. The van der Waals surface area contributed by atoms with Gasteiger partial charge in [-0.15, -0.1) is 0 Å². The van der Waals surface area contributed by atoms with Gasteiger partial charge in [-0.3, -0.25) is 0 Å². The first-order valence-electron chi connectivity index (χ1n) is 4.35. The van der Waals surface area contributed by atoms with Crippen LogP contribution in [0.1, 0.15) is 0 Å². The molecule has 0 aliphatic heterocycles. The standard InChI is InChI=1S/C10H12FN3S/c1-14(2)7-12-10(15)13-9-5-3-4-8(11)6-9/h3-7H,1-2H3,(H,13,15). The van der Waals surface area contributed by atoms with Gasteiger partial charge in [-0.2, -0.15) is 0 Å². The van der Waals surface area contributed by atoms with Gasteiger partial charge in [0.15, 0.2) is 5.11 Å². The van der Waals surface area contributed by atoms with Gasteiger partial charge in [0.2, 0.25) is 0 Å². The third-order valence-electron chi connectivity index (χ3n) is 1.48. The number of nitrogens with one attached hydrogen (secondary N) is 1. The quantitative estimate of drug-likeness (QED) is 0.474. The Bertz CT molecular complexity index is 377. The molecule has 0 amide bonds. The molecular formula is C10H12FN3S. The second-order valence-electron chi connectivity index (χ2n) is 3.15. The van der Waals surface area contributed by atoms with Crippen LogP contribution < -0.4 is 5.32 Å². The minimum Gasteiger partial charge on any atom is -0.369 e. The van der Waals surface area contributed by atoms with Gasteiger partial charge in [0.25, 0.3) is 0 Å². The van der Waals surface area contributed by atoms with E-state index in [-0.39, 0.29) is 5.82 Å². The molecule has 0 aliphatic carbocycles. The van der Waals surface area contributed by atoms with Gasteiger partial charge in [-0.05, 0) is 30.4 Å². The molecule has 15 heavy (non-hydrogen) atoms. The Hall–Kier alpha value is -1.49. The molecule has 0 saturated carbocycles. The van der Waals surface area contributed by atoms with Gasteiger partial charge in [0.1, 0.15) is 5.82 Å². The van der Waals surface area contributed by atoms with Gasteiger partial charge in [0.05, 0.1) is 6.34 Å². The highest BCUT2D eigenvalue weighted by Crippen LogP contribution is 2.09. The van der Waals surface area contributed by atoms with Gasteiger partial charge in [-0.1, -0.05) is 6.07 Å². The molecule has 0 unspecified atom stereocenters. The van der Waals surface area contributed by atoms with E-state index in [9.17, 15) is 4.39 Å². The predicted octanol–water partition coefficient (Wildman–Crippen LogP) is 2.11. The Balaban J connectivity index is 2.59. The molecule has 0 radical (unpaired) electrons. The van der Waals surface area contributed by atoms with Crippen molar-refractivity contribution in [2.75, 3.05) is 19.4 Å². The summed E-state index contributed by atoms with van der Waals surface area (Å²) in [6.07, 6.45) is 1.58. The van der Waals surface area contributed by atoms with Crippen molar-refractivity contribution in [1.82, 2.24) is 4.90 Å². The van der Waals surface area contributed by atoms with Gasteiger partial charge in [-0.25, -0.2) is 9.38 Å². The van der Waals surface area contributed by atoms with Crippen molar-refractivity contribution in [2.24, 2.45) is 4.99 Å². The number of halogens is 1. The molecule has 0 heterocycles. The number of aliphatic imine (C=N–C) groups is 1. The van der Waals surface area contributed by atoms with Gasteiger partial charge in [0, 0.05) is 19.8 Å². The lowest BCUT2D eigenvalue weighted by molar-refractivity contribution is 0.628. The molecule has 0 atom stereocenters. The predicted molar refractivity (Wildman–Crippen MR) is 64.8 cm³/mol. The lowest BCUT2D eigenvalue weighted by Crippen LogP contribution is -2.12. The molecule has 3 nitrogen and oxygen atoms in total. The number of hydrogen-bond acceptors (Lipinski definition) is 1. The summed E-state index contributed by atoms with van der Waals surface area (Å²) in [5, 5.41) is 3.11. The van der Waals surface area contributed by atoms with E-state index in [1.165, 1.54) is 12.1 Å². The maximum absolute atomic E-state index is 12.8. The van der Waals surface area contributed by atoms with Crippen LogP contribution in [0.25, 0.3) is 0 Å². The zero-order chi connectivity index (χ0) is 11.3. The Kier molecular flexibility index (Phi) is 4.17. The molecule has 0 spiro atoms. The van der Waals surface area contributed by atoms with E-state index < -0.39 is 0 Å². The summed E-state index contributed by atoms with van der Waals surface area (Å²) >= 11 is 4.94. The largest absolute Gasteiger partial charge is 0.369 e. The SMILES string of the molecule is CN(C)C=NC(=S)Nc1cccc(F)c1. The molecule has 0 fully saturated rings. The maximum atomic E-state index is 12.8. The summed E-state index contributed by atoms with van der Waals surface area (Å²) in [4.78, 5) is 5.71. The Morgan fingerprint density at radius 3 is 2.87 bits per heavy atom. The summed E-state index contributed by atoms with van der Waals surface area (Å²) in [5.41, 5.74) is 0.593. The molecule has 0 aromatic heterocycles. The second kappa shape index (κ2) is 5.41. The van der Waals surface area contributed by atoms with Crippen LogP contribution in [-0.4, -0.2) is 30.4 Å².